The predicted octanol–water partition coefficient (Wildman–Crippen LogP) is 8.36. The zero-order valence-electron chi connectivity index (χ0n) is 23.0. The lowest BCUT2D eigenvalue weighted by Crippen LogP contribution is -1.95. The Morgan fingerprint density at radius 2 is 0.846 bits per heavy atom. The molecule has 5 unspecified atom stereocenters. The van der Waals surface area contributed by atoms with Gasteiger partial charge in [-0.05, 0) is 60.4 Å². The van der Waals surface area contributed by atoms with E-state index in [1.165, 1.54) is 22.3 Å². The lowest BCUT2D eigenvalue weighted by molar-refractivity contribution is 0.280. The maximum Gasteiger partial charge on any atom is 0.119 e. The van der Waals surface area contributed by atoms with Crippen molar-refractivity contribution in [2.24, 2.45) is 0 Å². The zero-order chi connectivity index (χ0) is 26.2. The predicted molar refractivity (Wildman–Crippen MR) is 195 cm³/mol. The van der Waals surface area contributed by atoms with E-state index in [1.807, 2.05) is 36.4 Å². The molecule has 9 heteroatoms. The molecule has 3 nitrogen and oxygen atoms in total. The third kappa shape index (κ3) is 16.2. The third-order valence-corrected chi connectivity index (χ3v) is 5.88. The Bertz CT molecular complexity index is 1030. The summed E-state index contributed by atoms with van der Waals surface area (Å²) in [5.74, 6) is 1.73. The summed E-state index contributed by atoms with van der Waals surface area (Å²) < 4.78 is 11.4. The van der Waals surface area contributed by atoms with Crippen LogP contribution < -0.4 is 9.47 Å². The van der Waals surface area contributed by atoms with Crippen LogP contribution in [0.1, 0.15) is 33.4 Å². The van der Waals surface area contributed by atoms with Crippen molar-refractivity contribution in [1.82, 2.24) is 0 Å². The van der Waals surface area contributed by atoms with Gasteiger partial charge in [0, 0.05) is 5.33 Å². The molecule has 4 aromatic carbocycles. The number of ether oxygens (including phenoxy) is 2. The maximum absolute atomic E-state index is 8.92. The summed E-state index contributed by atoms with van der Waals surface area (Å²) in [5, 5.41) is 9.80. The highest BCUT2D eigenvalue weighted by atomic mass is 79.9. The molecule has 0 heterocycles. The SMILES string of the molecule is Cc1ccc(COc2ccc(CBr)cc2)cc1.Cc1ccc(COc2ccc(CO)cc2)cc1.P.P.P.PP. The summed E-state index contributed by atoms with van der Waals surface area (Å²) in [6.07, 6.45) is 0. The van der Waals surface area contributed by atoms with E-state index in [0.29, 0.717) is 13.2 Å². The van der Waals surface area contributed by atoms with Crippen molar-refractivity contribution in [3.8, 4) is 11.5 Å². The van der Waals surface area contributed by atoms with Gasteiger partial charge in [0.1, 0.15) is 24.7 Å². The van der Waals surface area contributed by atoms with Crippen LogP contribution in [0.15, 0.2) is 97.1 Å². The number of rotatable bonds is 8. The van der Waals surface area contributed by atoms with E-state index >= 15 is 0 Å². The molecule has 214 valence electrons. The Morgan fingerprint density at radius 3 is 1.15 bits per heavy atom. The molecule has 0 spiro atoms. The quantitative estimate of drug-likeness (QED) is 0.150. The van der Waals surface area contributed by atoms with Crippen LogP contribution in [-0.4, -0.2) is 5.11 Å². The largest absolute Gasteiger partial charge is 0.489 e. The van der Waals surface area contributed by atoms with Gasteiger partial charge in [-0.1, -0.05) is 99.9 Å². The molecule has 1 N–H and O–H groups in total. The standard InChI is InChI=1S/C15H15BrO.C15H16O2.H4P2.3H3P/c2*1-12-2-4-14(5-3-12)11-17-15-8-6-13(10-16)7-9-15;1-2;;;/h2-9H,10-11H2,1H3;2-9,16H,10-11H2,1H3;1-2H2;3*1H3. The zero-order valence-corrected chi connectivity index (χ0v) is 31.1. The molecule has 5 atom stereocenters. The number of benzene rings is 4. The van der Waals surface area contributed by atoms with Crippen molar-refractivity contribution in [2.45, 2.75) is 39.0 Å². The molecule has 0 saturated heterocycles. The van der Waals surface area contributed by atoms with Crippen LogP contribution >= 0.6 is 63.5 Å². The first-order chi connectivity index (χ1) is 17.6. The second-order valence-electron chi connectivity index (χ2n) is 8.13. The van der Waals surface area contributed by atoms with Crippen molar-refractivity contribution in [1.29, 1.82) is 0 Å². The highest BCUT2D eigenvalue weighted by Gasteiger charge is 1.98. The fourth-order valence-corrected chi connectivity index (χ4v) is 3.44. The van der Waals surface area contributed by atoms with Crippen molar-refractivity contribution in [3.63, 3.8) is 0 Å². The topological polar surface area (TPSA) is 38.7 Å². The summed E-state index contributed by atoms with van der Waals surface area (Å²) in [7, 11) is 4.67. The van der Waals surface area contributed by atoms with Crippen LogP contribution in [0.3, 0.4) is 0 Å². The Labute approximate surface area is 258 Å². The average molecular weight is 687 g/mol. The minimum atomic E-state index is 0. The van der Waals surface area contributed by atoms with Crippen LogP contribution in [0, 0.1) is 13.8 Å². The van der Waals surface area contributed by atoms with Crippen molar-refractivity contribution in [2.75, 3.05) is 0 Å². The fourth-order valence-electron chi connectivity index (χ4n) is 3.07. The van der Waals surface area contributed by atoms with Gasteiger partial charge in [0.15, 0.2) is 0 Å². The fraction of sp³-hybridized carbons (Fsp3) is 0.200. The Balaban J connectivity index is 0. The summed E-state index contributed by atoms with van der Waals surface area (Å²) in [6.45, 7) is 5.41. The third-order valence-electron chi connectivity index (χ3n) is 5.24. The first-order valence-electron chi connectivity index (χ1n) is 11.6. The normalized spacial score (nSPS) is 9.08. The molecular weight excluding hydrogens is 643 g/mol. The highest BCUT2D eigenvalue weighted by Crippen LogP contribution is 2.16. The number of halogens is 1. The van der Waals surface area contributed by atoms with E-state index in [0.717, 1.165) is 28.0 Å². The average Bonchev–Trinajstić information content (AvgIpc) is 2.94. The van der Waals surface area contributed by atoms with Crippen molar-refractivity contribution >= 4 is 63.5 Å². The molecule has 0 aromatic heterocycles. The van der Waals surface area contributed by atoms with Crippen LogP contribution in [0.4, 0.5) is 0 Å². The van der Waals surface area contributed by atoms with Gasteiger partial charge in [0.05, 0.1) is 6.61 Å². The second kappa shape index (κ2) is 23.7. The molecule has 39 heavy (non-hydrogen) atoms. The van der Waals surface area contributed by atoms with Gasteiger partial charge in [-0.3, -0.25) is 0 Å². The van der Waals surface area contributed by atoms with E-state index < -0.39 is 0 Å². The Morgan fingerprint density at radius 1 is 0.538 bits per heavy atom. The van der Waals surface area contributed by atoms with Gasteiger partial charge < -0.3 is 14.6 Å². The van der Waals surface area contributed by atoms with Crippen LogP contribution in [0.2, 0.25) is 0 Å². The number of aryl methyl sites for hydroxylation is 2. The molecule has 0 fully saturated rings. The summed E-state index contributed by atoms with van der Waals surface area (Å²) in [5.41, 5.74) is 7.03. The van der Waals surface area contributed by atoms with Gasteiger partial charge in [-0.2, -0.15) is 29.7 Å². The molecule has 0 aliphatic heterocycles. The molecule has 0 aliphatic rings. The molecule has 0 amide bonds. The van der Waals surface area contributed by atoms with E-state index in [2.05, 4.69) is 108 Å². The van der Waals surface area contributed by atoms with E-state index in [-0.39, 0.29) is 36.3 Å². The maximum atomic E-state index is 8.92. The first kappa shape index (κ1) is 40.2. The van der Waals surface area contributed by atoms with Gasteiger partial charge in [-0.25, -0.2) is 0 Å². The van der Waals surface area contributed by atoms with Gasteiger partial charge >= 0.3 is 0 Å². The Hall–Kier alpha value is -0.930. The number of aliphatic hydroxyl groups excluding tert-OH is 1. The second-order valence-corrected chi connectivity index (χ2v) is 8.69. The van der Waals surface area contributed by atoms with E-state index in [1.54, 1.807) is 0 Å². The number of hydrogen-bond acceptors (Lipinski definition) is 3. The minimum absolute atomic E-state index is 0. The summed E-state index contributed by atoms with van der Waals surface area (Å²) in [6, 6.07) is 32.3. The molecular formula is C30H44BrO3P5. The lowest BCUT2D eigenvalue weighted by Gasteiger charge is -2.07. The number of hydrogen-bond donors (Lipinski definition) is 1. The van der Waals surface area contributed by atoms with E-state index in [4.69, 9.17) is 14.6 Å². The molecule has 0 saturated carbocycles. The summed E-state index contributed by atoms with van der Waals surface area (Å²) >= 11 is 3.42. The molecule has 0 radical (unpaired) electrons. The highest BCUT2D eigenvalue weighted by molar-refractivity contribution is 9.08. The molecule has 0 bridgehead atoms. The van der Waals surface area contributed by atoms with Crippen molar-refractivity contribution < 1.29 is 14.6 Å². The van der Waals surface area contributed by atoms with Crippen LogP contribution in [0.25, 0.3) is 0 Å². The number of alkyl halides is 1. The van der Waals surface area contributed by atoms with Crippen LogP contribution in [-0.2, 0) is 25.2 Å². The van der Waals surface area contributed by atoms with Crippen LogP contribution in [0.5, 0.6) is 11.5 Å². The number of aliphatic hydroxyl groups is 1. The first-order valence-corrected chi connectivity index (χ1v) is 15.4. The lowest BCUT2D eigenvalue weighted by atomic mass is 10.2. The van der Waals surface area contributed by atoms with Crippen molar-refractivity contribution in [3.05, 3.63) is 130 Å². The monoisotopic (exact) mass is 686 g/mol. The van der Waals surface area contributed by atoms with Gasteiger partial charge in [0.2, 0.25) is 0 Å². The summed E-state index contributed by atoms with van der Waals surface area (Å²) in [4.78, 5) is 0. The van der Waals surface area contributed by atoms with Gasteiger partial charge in [-0.15, -0.1) is 17.9 Å². The van der Waals surface area contributed by atoms with Gasteiger partial charge in [0.25, 0.3) is 0 Å². The minimum Gasteiger partial charge on any atom is -0.489 e. The van der Waals surface area contributed by atoms with E-state index in [9.17, 15) is 0 Å². The molecule has 0 aliphatic carbocycles. The Kier molecular flexibility index (Phi) is 24.5. The smallest absolute Gasteiger partial charge is 0.119 e. The molecule has 4 rings (SSSR count). The molecule has 4 aromatic rings.